The molecule has 1 aliphatic heterocycles. The first kappa shape index (κ1) is 16.8. The first-order chi connectivity index (χ1) is 12.2. The van der Waals surface area contributed by atoms with Crippen LogP contribution in [0.2, 0.25) is 0 Å². The van der Waals surface area contributed by atoms with Gasteiger partial charge >= 0.3 is 5.97 Å². The van der Waals surface area contributed by atoms with Crippen molar-refractivity contribution in [3.8, 4) is 0 Å². The highest BCUT2D eigenvalue weighted by Crippen LogP contribution is 2.50. The molecule has 0 unspecified atom stereocenters. The Morgan fingerprint density at radius 3 is 2.62 bits per heavy atom. The number of rotatable bonds is 1. The number of hydrogen-bond donors (Lipinski definition) is 1. The van der Waals surface area contributed by atoms with Crippen molar-refractivity contribution in [3.05, 3.63) is 68.6 Å². The molecule has 1 atom stereocenters. The first-order valence-corrected chi connectivity index (χ1v) is 8.99. The Labute approximate surface area is 152 Å². The van der Waals surface area contributed by atoms with E-state index in [1.165, 1.54) is 33.9 Å². The molecule has 2 heterocycles. The molecule has 0 spiro atoms. The molecule has 1 aliphatic carbocycles. The summed E-state index contributed by atoms with van der Waals surface area (Å²) in [5, 5.41) is 9.40. The Morgan fingerprint density at radius 2 is 1.96 bits per heavy atom. The van der Waals surface area contributed by atoms with Crippen LogP contribution in [0.4, 0.5) is 0 Å². The number of aromatic carboxylic acids is 1. The number of hydrogen-bond acceptors (Lipinski definition) is 2. The summed E-state index contributed by atoms with van der Waals surface area (Å²) >= 11 is 0. The van der Waals surface area contributed by atoms with Crippen molar-refractivity contribution in [1.29, 1.82) is 0 Å². The lowest BCUT2D eigenvalue weighted by atomic mass is 9.78. The summed E-state index contributed by atoms with van der Waals surface area (Å²) in [7, 11) is 0. The molecule has 0 saturated heterocycles. The van der Waals surface area contributed by atoms with Gasteiger partial charge in [-0.15, -0.1) is 0 Å². The van der Waals surface area contributed by atoms with Gasteiger partial charge in [-0.05, 0) is 46.6 Å². The number of nitrogens with zero attached hydrogens (tertiary/aromatic N) is 1. The van der Waals surface area contributed by atoms with E-state index >= 15 is 0 Å². The van der Waals surface area contributed by atoms with Gasteiger partial charge in [-0.3, -0.25) is 4.79 Å². The molecule has 0 saturated carbocycles. The van der Waals surface area contributed by atoms with Gasteiger partial charge in [-0.1, -0.05) is 39.0 Å². The summed E-state index contributed by atoms with van der Waals surface area (Å²) in [5.74, 6) is -1.16. The third-order valence-electron chi connectivity index (χ3n) is 5.81. The zero-order valence-corrected chi connectivity index (χ0v) is 15.6. The van der Waals surface area contributed by atoms with Gasteiger partial charge in [0, 0.05) is 30.4 Å². The molecule has 2 aromatic rings. The number of fused-ring (bicyclic) bond motifs is 4. The molecule has 1 aromatic carbocycles. The SMILES string of the molecule is Cc1cccc2c1CC1=C2C[C@@H](C(C)(C)C)n2cc(C(=O)O)c(=O)cc21. The van der Waals surface area contributed by atoms with E-state index in [-0.39, 0.29) is 17.0 Å². The van der Waals surface area contributed by atoms with Crippen molar-refractivity contribution in [2.45, 2.75) is 46.6 Å². The van der Waals surface area contributed by atoms with E-state index in [1.54, 1.807) is 6.20 Å². The predicted octanol–water partition coefficient (Wildman–Crippen LogP) is 4.31. The average Bonchev–Trinajstić information content (AvgIpc) is 2.93. The molecule has 0 amide bonds. The molecule has 4 rings (SSSR count). The van der Waals surface area contributed by atoms with Crippen molar-refractivity contribution in [3.63, 3.8) is 0 Å². The molecule has 134 valence electrons. The van der Waals surface area contributed by atoms with Crippen molar-refractivity contribution in [2.24, 2.45) is 5.41 Å². The summed E-state index contributed by atoms with van der Waals surface area (Å²) in [6, 6.07) is 8.01. The van der Waals surface area contributed by atoms with E-state index in [2.05, 4.69) is 45.9 Å². The van der Waals surface area contributed by atoms with Gasteiger partial charge in [0.25, 0.3) is 0 Å². The van der Waals surface area contributed by atoms with Crippen LogP contribution in [-0.2, 0) is 6.42 Å². The Balaban J connectivity index is 2.00. The van der Waals surface area contributed by atoms with Crippen LogP contribution >= 0.6 is 0 Å². The van der Waals surface area contributed by atoms with Crippen LogP contribution in [0, 0.1) is 12.3 Å². The van der Waals surface area contributed by atoms with E-state index < -0.39 is 11.4 Å². The highest BCUT2D eigenvalue weighted by atomic mass is 16.4. The fraction of sp³-hybridized carbons (Fsp3) is 0.364. The van der Waals surface area contributed by atoms with Crippen molar-refractivity contribution >= 4 is 17.1 Å². The highest BCUT2D eigenvalue weighted by Gasteiger charge is 2.37. The van der Waals surface area contributed by atoms with Crippen LogP contribution < -0.4 is 5.43 Å². The van der Waals surface area contributed by atoms with Crippen LogP contribution in [0.1, 0.15) is 66.0 Å². The van der Waals surface area contributed by atoms with E-state index in [4.69, 9.17) is 0 Å². The molecule has 2 aliphatic rings. The molecule has 0 fully saturated rings. The largest absolute Gasteiger partial charge is 0.477 e. The maximum Gasteiger partial charge on any atom is 0.341 e. The summed E-state index contributed by atoms with van der Waals surface area (Å²) in [5.41, 5.74) is 6.59. The van der Waals surface area contributed by atoms with Crippen molar-refractivity contribution in [1.82, 2.24) is 4.57 Å². The Hall–Kier alpha value is -2.62. The van der Waals surface area contributed by atoms with Crippen LogP contribution in [0.15, 0.2) is 35.3 Å². The fourth-order valence-corrected chi connectivity index (χ4v) is 4.37. The second-order valence-corrected chi connectivity index (χ2v) is 8.47. The standard InChI is InChI=1S/C22H23NO3/c1-12-6-5-7-13-14(12)8-16-15(13)9-20(22(2,3)4)23-11-17(21(25)26)19(24)10-18(16)23/h5-7,10-11,20H,8-9H2,1-4H3,(H,25,26)/t20-/m0/s1. The minimum atomic E-state index is -1.16. The van der Waals surface area contributed by atoms with Gasteiger partial charge in [-0.25, -0.2) is 4.79 Å². The number of allylic oxidation sites excluding steroid dienone is 2. The van der Waals surface area contributed by atoms with E-state index in [1.807, 2.05) is 4.57 Å². The lowest BCUT2D eigenvalue weighted by molar-refractivity contribution is 0.0693. The minimum Gasteiger partial charge on any atom is -0.477 e. The smallest absolute Gasteiger partial charge is 0.341 e. The summed E-state index contributed by atoms with van der Waals surface area (Å²) < 4.78 is 2.03. The number of aromatic nitrogens is 1. The van der Waals surface area contributed by atoms with Crippen LogP contribution in [-0.4, -0.2) is 15.6 Å². The normalized spacial score (nSPS) is 18.4. The predicted molar refractivity (Wildman–Crippen MR) is 102 cm³/mol. The third-order valence-corrected chi connectivity index (χ3v) is 5.81. The summed E-state index contributed by atoms with van der Waals surface area (Å²) in [6.07, 6.45) is 3.21. The van der Waals surface area contributed by atoms with Gasteiger partial charge in [0.1, 0.15) is 5.56 Å². The van der Waals surface area contributed by atoms with Gasteiger partial charge in [0.15, 0.2) is 5.43 Å². The van der Waals surface area contributed by atoms with Gasteiger partial charge < -0.3 is 9.67 Å². The lowest BCUT2D eigenvalue weighted by Crippen LogP contribution is -2.32. The minimum absolute atomic E-state index is 0.0648. The second-order valence-electron chi connectivity index (χ2n) is 8.47. The Kier molecular flexibility index (Phi) is 3.52. The third kappa shape index (κ3) is 2.36. The van der Waals surface area contributed by atoms with Crippen molar-refractivity contribution in [2.75, 3.05) is 0 Å². The molecule has 0 radical (unpaired) electrons. The van der Waals surface area contributed by atoms with Crippen molar-refractivity contribution < 1.29 is 9.90 Å². The summed E-state index contributed by atoms with van der Waals surface area (Å²) in [4.78, 5) is 23.9. The quantitative estimate of drug-likeness (QED) is 0.834. The number of carboxylic acid groups (broad SMARTS) is 1. The number of pyridine rings is 1. The molecular weight excluding hydrogens is 326 g/mol. The molecule has 0 bridgehead atoms. The Morgan fingerprint density at radius 1 is 1.23 bits per heavy atom. The number of aryl methyl sites for hydroxylation is 1. The highest BCUT2D eigenvalue weighted by molar-refractivity contribution is 5.98. The second kappa shape index (κ2) is 5.44. The molecule has 1 aromatic heterocycles. The zero-order valence-electron chi connectivity index (χ0n) is 15.6. The van der Waals surface area contributed by atoms with Crippen LogP contribution in [0.3, 0.4) is 0 Å². The van der Waals surface area contributed by atoms with E-state index in [0.717, 1.165) is 18.5 Å². The molecule has 26 heavy (non-hydrogen) atoms. The monoisotopic (exact) mass is 349 g/mol. The fourth-order valence-electron chi connectivity index (χ4n) is 4.37. The lowest BCUT2D eigenvalue weighted by Gasteiger charge is -2.39. The Bertz CT molecular complexity index is 1030. The zero-order chi connectivity index (χ0) is 18.8. The van der Waals surface area contributed by atoms with Gasteiger partial charge in [-0.2, -0.15) is 0 Å². The van der Waals surface area contributed by atoms with E-state index in [0.29, 0.717) is 0 Å². The van der Waals surface area contributed by atoms with Gasteiger partial charge in [0.2, 0.25) is 0 Å². The van der Waals surface area contributed by atoms with Crippen LogP contribution in [0.25, 0.3) is 11.1 Å². The molecule has 4 heteroatoms. The molecule has 1 N–H and O–H groups in total. The first-order valence-electron chi connectivity index (χ1n) is 8.99. The summed E-state index contributed by atoms with van der Waals surface area (Å²) in [6.45, 7) is 8.62. The van der Waals surface area contributed by atoms with Gasteiger partial charge in [0.05, 0.1) is 0 Å². The average molecular weight is 349 g/mol. The number of carbonyl (C=O) groups is 1. The van der Waals surface area contributed by atoms with Crippen LogP contribution in [0.5, 0.6) is 0 Å². The maximum atomic E-state index is 12.4. The number of benzene rings is 1. The topological polar surface area (TPSA) is 59.3 Å². The molecule has 4 nitrogen and oxygen atoms in total. The number of carboxylic acids is 1. The maximum absolute atomic E-state index is 12.4. The molecular formula is C22H23NO3. The van der Waals surface area contributed by atoms with E-state index in [9.17, 15) is 14.7 Å².